The minimum Gasteiger partial charge on any atom is -0.508 e. The molecule has 0 fully saturated rings. The van der Waals surface area contributed by atoms with Crippen LogP contribution in [0.15, 0.2) is 0 Å². The molecule has 0 aromatic carbocycles. The van der Waals surface area contributed by atoms with E-state index in [2.05, 4.69) is 0 Å². The number of nitrogens with two attached hydrogens (primary N) is 1. The van der Waals surface area contributed by atoms with Crippen LogP contribution in [-0.4, -0.2) is 57.3 Å². The van der Waals surface area contributed by atoms with Crippen molar-refractivity contribution < 1.29 is 4.72 Å². The third kappa shape index (κ3) is 4.70. The van der Waals surface area contributed by atoms with Crippen molar-refractivity contribution >= 4 is 44.2 Å². The van der Waals surface area contributed by atoms with Crippen LogP contribution in [0.1, 0.15) is 6.42 Å². The van der Waals surface area contributed by atoms with Crippen LogP contribution in [0.25, 0.3) is 0 Å². The van der Waals surface area contributed by atoms with Crippen molar-refractivity contribution in [3.8, 4) is 0 Å². The summed E-state index contributed by atoms with van der Waals surface area (Å²) in [4.78, 5) is 0. The Balaban J connectivity index is 3.70. The quantitative estimate of drug-likeness (QED) is 0.371. The molecule has 0 bridgehead atoms. The lowest BCUT2D eigenvalue weighted by molar-refractivity contribution is -0.655. The zero-order valence-corrected chi connectivity index (χ0v) is 6.66. The van der Waals surface area contributed by atoms with Crippen LogP contribution in [0.5, 0.6) is 0 Å². The molecule has 0 aromatic rings. The molecule has 0 saturated heterocycles. The Kier molecular flexibility index (Phi) is 6.06. The molecule has 0 saturated carbocycles. The molecule has 11 heavy (non-hydrogen) atoms. The molecule has 2 nitrogen and oxygen atoms in total. The van der Waals surface area contributed by atoms with Gasteiger partial charge >= 0.3 is 0 Å². The summed E-state index contributed by atoms with van der Waals surface area (Å²) >= 11 is 0. The second kappa shape index (κ2) is 5.90. The summed E-state index contributed by atoms with van der Waals surface area (Å²) in [6.07, 6.45) is 0.825. The largest absolute Gasteiger partial charge is 0.508 e. The Morgan fingerprint density at radius 3 is 1.82 bits per heavy atom. The van der Waals surface area contributed by atoms with Gasteiger partial charge in [-0.05, 0) is 6.54 Å². The maximum Gasteiger partial charge on any atom is 0.256 e. The molecular weight excluding hydrogens is 129 g/mol. The van der Waals surface area contributed by atoms with E-state index in [4.69, 9.17) is 36.7 Å². The molecule has 8 heteroatoms. The van der Waals surface area contributed by atoms with Gasteiger partial charge in [0.05, 0.1) is 0 Å². The van der Waals surface area contributed by atoms with Gasteiger partial charge in [0.25, 0.3) is 13.3 Å². The van der Waals surface area contributed by atoms with Gasteiger partial charge in [0, 0.05) is 13.0 Å². The van der Waals surface area contributed by atoms with Crippen LogP contribution < -0.4 is 10.5 Å². The minimum atomic E-state index is -0.526. The summed E-state index contributed by atoms with van der Waals surface area (Å²) < 4.78 is 0.774. The number of hydrogen-bond acceptors (Lipinski definition) is 1. The van der Waals surface area contributed by atoms with Gasteiger partial charge in [0.15, 0.2) is 0 Å². The lowest BCUT2D eigenvalue weighted by Crippen LogP contribution is -3.24. The van der Waals surface area contributed by atoms with E-state index in [0.29, 0.717) is 13.1 Å². The summed E-state index contributed by atoms with van der Waals surface area (Å²) in [6, 6.07) is 0. The van der Waals surface area contributed by atoms with Crippen molar-refractivity contribution in [2.75, 3.05) is 13.1 Å². The third-order valence-corrected chi connectivity index (χ3v) is 1.53. The monoisotopic (exact) mass is 139 g/mol. The summed E-state index contributed by atoms with van der Waals surface area (Å²) in [5, 5.41) is 0. The van der Waals surface area contributed by atoms with E-state index >= 15 is 0 Å². The summed E-state index contributed by atoms with van der Waals surface area (Å²) in [6.45, 7) is 0.262. The second-order valence-corrected chi connectivity index (χ2v) is 2.52. The molecule has 0 aromatic heterocycles. The standard InChI is InChI=1S/C3H8B6N2/c4-8(5)11(9(6)7)3-1-2-10/h1-3,10H2/p+1. The zero-order valence-electron chi connectivity index (χ0n) is 6.66. The highest BCUT2D eigenvalue weighted by atomic mass is 15.0. The van der Waals surface area contributed by atoms with Gasteiger partial charge in [0.1, 0.15) is 30.9 Å². The lowest BCUT2D eigenvalue weighted by atomic mass is 9.16. The van der Waals surface area contributed by atoms with Gasteiger partial charge in [-0.15, -0.1) is 0 Å². The highest BCUT2D eigenvalue weighted by Crippen LogP contribution is 1.64. The maximum atomic E-state index is 5.42. The first-order chi connectivity index (χ1) is 5.09. The van der Waals surface area contributed by atoms with E-state index in [1.165, 1.54) is 0 Å². The van der Waals surface area contributed by atoms with E-state index < -0.39 is 13.3 Å². The Hall–Kier alpha value is 0.310. The van der Waals surface area contributed by atoms with Crippen LogP contribution in [0, 0.1) is 0 Å². The normalized spacial score (nSPS) is 10.0. The lowest BCUT2D eigenvalue weighted by Gasteiger charge is -2.27. The topological polar surface area (TPSA) is 30.5 Å². The van der Waals surface area contributed by atoms with Crippen molar-refractivity contribution in [3.63, 3.8) is 0 Å². The fourth-order valence-electron chi connectivity index (χ4n) is 0.862. The average Bonchev–Trinajstić information content (AvgIpc) is 1.87. The molecule has 0 aliphatic carbocycles. The smallest absolute Gasteiger partial charge is 0.256 e. The molecular formula is C3H9B6N2+. The van der Waals surface area contributed by atoms with Crippen molar-refractivity contribution in [2.24, 2.45) is 5.73 Å². The van der Waals surface area contributed by atoms with Gasteiger partial charge < -0.3 is 10.5 Å². The predicted octanol–water partition coefficient (Wildman–Crippen LogP) is -4.14. The zero-order chi connectivity index (χ0) is 8.85. The first-order valence-electron chi connectivity index (χ1n) is 3.67. The number of nitrogens with one attached hydrogen (secondary N) is 1. The van der Waals surface area contributed by atoms with E-state index in [0.717, 1.165) is 11.1 Å². The highest BCUT2D eigenvalue weighted by Gasteiger charge is 2.20. The Morgan fingerprint density at radius 1 is 1.09 bits per heavy atom. The van der Waals surface area contributed by atoms with Crippen LogP contribution >= 0.6 is 0 Å². The molecule has 0 aliphatic heterocycles. The molecule has 0 heterocycles. The van der Waals surface area contributed by atoms with Crippen molar-refractivity contribution in [1.82, 2.24) is 0 Å². The highest BCUT2D eigenvalue weighted by molar-refractivity contribution is 7.32. The van der Waals surface area contributed by atoms with Gasteiger partial charge in [-0.1, -0.05) is 0 Å². The Labute approximate surface area is 74.8 Å². The van der Waals surface area contributed by atoms with Crippen LogP contribution in [0.2, 0.25) is 0 Å². The number of quaternary nitrogens is 1. The average molecular weight is 138 g/mol. The molecule has 0 aliphatic rings. The third-order valence-electron chi connectivity index (χ3n) is 1.53. The maximum absolute atomic E-state index is 5.42. The number of rotatable bonds is 5. The molecule has 0 unspecified atom stereocenters. The fourth-order valence-corrected chi connectivity index (χ4v) is 0.862. The first kappa shape index (κ1) is 11.3. The van der Waals surface area contributed by atoms with Crippen LogP contribution in [0.3, 0.4) is 0 Å². The molecule has 8 radical (unpaired) electrons. The van der Waals surface area contributed by atoms with E-state index in [-0.39, 0.29) is 0 Å². The molecule has 0 atom stereocenters. The van der Waals surface area contributed by atoms with Gasteiger partial charge in [0.2, 0.25) is 0 Å². The summed E-state index contributed by atoms with van der Waals surface area (Å²) in [7, 11) is 21.7. The van der Waals surface area contributed by atoms with Crippen LogP contribution in [-0.2, 0) is 0 Å². The van der Waals surface area contributed by atoms with E-state index in [1.807, 2.05) is 0 Å². The van der Waals surface area contributed by atoms with Gasteiger partial charge in [-0.3, -0.25) is 0 Å². The van der Waals surface area contributed by atoms with Crippen molar-refractivity contribution in [3.05, 3.63) is 0 Å². The predicted molar refractivity (Wildman–Crippen MR) is 54.0 cm³/mol. The summed E-state index contributed by atoms with van der Waals surface area (Å²) in [5.74, 6) is 0. The molecule has 0 rings (SSSR count). The molecule has 0 amide bonds. The molecule has 0 spiro atoms. The molecule has 48 valence electrons. The Bertz CT molecular complexity index is 89.8. The SMILES string of the molecule is [B]B([B])[NH+](CCCN)B([B])[B]. The van der Waals surface area contributed by atoms with Crippen LogP contribution in [0.4, 0.5) is 0 Å². The minimum absolute atomic E-state index is 0.526. The van der Waals surface area contributed by atoms with Gasteiger partial charge in [-0.2, -0.15) is 0 Å². The molecule has 3 N–H and O–H groups in total. The summed E-state index contributed by atoms with van der Waals surface area (Å²) in [5.41, 5.74) is 5.30. The first-order valence-corrected chi connectivity index (χ1v) is 3.67. The van der Waals surface area contributed by atoms with Crippen molar-refractivity contribution in [1.29, 1.82) is 0 Å². The van der Waals surface area contributed by atoms with Gasteiger partial charge in [-0.25, -0.2) is 0 Å². The fraction of sp³-hybridized carbons (Fsp3) is 1.00. The van der Waals surface area contributed by atoms with E-state index in [9.17, 15) is 0 Å². The number of hydrogen-bond donors (Lipinski definition) is 2. The van der Waals surface area contributed by atoms with E-state index in [1.54, 1.807) is 0 Å². The second-order valence-electron chi connectivity index (χ2n) is 2.52. The Morgan fingerprint density at radius 2 is 1.55 bits per heavy atom. The van der Waals surface area contributed by atoms with Crippen molar-refractivity contribution in [2.45, 2.75) is 6.42 Å².